The molecule has 0 saturated carbocycles. The van der Waals surface area contributed by atoms with E-state index >= 15 is 0 Å². The van der Waals surface area contributed by atoms with Gasteiger partial charge in [0.15, 0.2) is 5.75 Å². The van der Waals surface area contributed by atoms with Crippen LogP contribution in [0.2, 0.25) is 0 Å². The minimum atomic E-state index is -3.20. The lowest BCUT2D eigenvalue weighted by atomic mass is 9.99. The van der Waals surface area contributed by atoms with Gasteiger partial charge in [0.2, 0.25) is 5.66 Å². The summed E-state index contributed by atoms with van der Waals surface area (Å²) < 4.78 is 11.6. The Balaban J connectivity index is 1.59. The summed E-state index contributed by atoms with van der Waals surface area (Å²) in [4.78, 5) is 13.4. The third-order valence-corrected chi connectivity index (χ3v) is 7.59. The topological polar surface area (TPSA) is 62.2 Å². The molecular weight excluding hydrogens is 349 g/mol. The third-order valence-electron chi connectivity index (χ3n) is 5.22. The number of nitrogens with zero attached hydrogens (tertiary/aromatic N) is 1. The maximum Gasteiger partial charge on any atom is 0.461 e. The maximum atomic E-state index is 11.2. The van der Waals surface area contributed by atoms with Crippen LogP contribution in [0.3, 0.4) is 0 Å². The molecule has 2 aliphatic heterocycles. The molecule has 2 N–H and O–H groups in total. The molecule has 2 unspecified atom stereocenters. The molecule has 0 amide bonds. The van der Waals surface area contributed by atoms with Gasteiger partial charge in [0.1, 0.15) is 6.10 Å². The molecule has 0 bridgehead atoms. The Labute approximate surface area is 154 Å². The fraction of sp³-hybridized carbons (Fsp3) is 0.400. The molecule has 2 heterocycles. The van der Waals surface area contributed by atoms with E-state index in [1.165, 1.54) is 11.1 Å². The van der Waals surface area contributed by atoms with Crippen LogP contribution in [0.1, 0.15) is 29.7 Å². The van der Waals surface area contributed by atoms with Gasteiger partial charge in [0.05, 0.1) is 6.61 Å². The predicted octanol–water partition coefficient (Wildman–Crippen LogP) is 3.33. The van der Waals surface area contributed by atoms with Crippen LogP contribution in [-0.4, -0.2) is 40.3 Å². The Morgan fingerprint density at radius 3 is 2.69 bits per heavy atom. The summed E-state index contributed by atoms with van der Waals surface area (Å²) in [5, 5.41) is 11.0. The highest BCUT2D eigenvalue weighted by Gasteiger charge is 2.59. The average Bonchev–Trinajstić information content (AvgIpc) is 2.65. The van der Waals surface area contributed by atoms with Crippen molar-refractivity contribution in [3.05, 3.63) is 65.2 Å². The van der Waals surface area contributed by atoms with Gasteiger partial charge in [-0.25, -0.2) is 0 Å². The molecule has 4 rings (SSSR count). The zero-order valence-electron chi connectivity index (χ0n) is 14.9. The Hall–Kier alpha value is -1.49. The monoisotopic (exact) mass is 374 g/mol. The Bertz CT molecular complexity index is 786. The molecule has 0 aromatic heterocycles. The van der Waals surface area contributed by atoms with Crippen LogP contribution in [0.5, 0.6) is 5.75 Å². The second kappa shape index (κ2) is 7.26. The normalized spacial score (nSPS) is 28.1. The van der Waals surface area contributed by atoms with Gasteiger partial charge in [-0.1, -0.05) is 42.5 Å². The lowest BCUT2D eigenvalue weighted by molar-refractivity contribution is 0.103. The quantitative estimate of drug-likeness (QED) is 0.804. The van der Waals surface area contributed by atoms with E-state index in [0.717, 1.165) is 25.1 Å². The van der Waals surface area contributed by atoms with Gasteiger partial charge in [0, 0.05) is 25.2 Å². The summed E-state index contributed by atoms with van der Waals surface area (Å²) in [7, 11) is -3.20. The lowest BCUT2D eigenvalue weighted by Crippen LogP contribution is -2.43. The number of hydrogen-bond donors (Lipinski definition) is 2. The third kappa shape index (κ3) is 3.26. The van der Waals surface area contributed by atoms with E-state index in [-0.39, 0.29) is 0 Å². The van der Waals surface area contributed by atoms with E-state index in [1.807, 2.05) is 25.1 Å². The zero-order valence-corrected chi connectivity index (χ0v) is 15.8. The van der Waals surface area contributed by atoms with Crippen LogP contribution in [0.15, 0.2) is 48.5 Å². The standard InChI is InChI=1S/C20H25NO4P/c1-2-24-26(23)19(20(22)17-9-5-6-10-18(17)25-26)14-21-12-11-15-7-3-4-8-16(15)13-21/h3-10,19-20,22-23H,2,11-14H2,1H3/q+1/t19?,20-,26?/m0/s1. The van der Waals surface area contributed by atoms with Gasteiger partial charge in [-0.2, -0.15) is 9.42 Å². The lowest BCUT2D eigenvalue weighted by Gasteiger charge is -2.37. The van der Waals surface area contributed by atoms with Crippen molar-refractivity contribution in [3.63, 3.8) is 0 Å². The van der Waals surface area contributed by atoms with E-state index in [1.54, 1.807) is 6.07 Å². The van der Waals surface area contributed by atoms with Crippen LogP contribution in [-0.2, 0) is 17.5 Å². The van der Waals surface area contributed by atoms with Crippen molar-refractivity contribution in [1.29, 1.82) is 0 Å². The SMILES string of the molecule is CCO[P+]1(O)Oc2ccccc2[C@H](O)C1CN1CCc2ccccc2C1. The van der Waals surface area contributed by atoms with Gasteiger partial charge >= 0.3 is 7.94 Å². The molecule has 2 aromatic carbocycles. The number of benzene rings is 2. The number of rotatable bonds is 4. The highest BCUT2D eigenvalue weighted by atomic mass is 31.2. The maximum absolute atomic E-state index is 11.2. The first-order valence-corrected chi connectivity index (χ1v) is 10.8. The predicted molar refractivity (Wildman–Crippen MR) is 102 cm³/mol. The molecule has 0 radical (unpaired) electrons. The molecule has 0 aliphatic carbocycles. The van der Waals surface area contributed by atoms with Crippen LogP contribution < -0.4 is 4.52 Å². The van der Waals surface area contributed by atoms with Crippen LogP contribution in [0.25, 0.3) is 0 Å². The molecule has 3 atom stereocenters. The fourth-order valence-electron chi connectivity index (χ4n) is 3.89. The largest absolute Gasteiger partial charge is 0.461 e. The zero-order chi connectivity index (χ0) is 18.1. The summed E-state index contributed by atoms with van der Waals surface area (Å²) in [5.74, 6) is 0.518. The molecular formula is C20H25NO4P+. The summed E-state index contributed by atoms with van der Waals surface area (Å²) in [5.41, 5.74) is 2.93. The highest BCUT2D eigenvalue weighted by molar-refractivity contribution is 7.62. The first-order valence-electron chi connectivity index (χ1n) is 9.12. The Kier molecular flexibility index (Phi) is 5.00. The van der Waals surface area contributed by atoms with Crippen LogP contribution in [0, 0.1) is 0 Å². The molecule has 0 spiro atoms. The smallest absolute Gasteiger partial charge is 0.384 e. The van der Waals surface area contributed by atoms with Crippen molar-refractivity contribution in [2.45, 2.75) is 31.7 Å². The molecule has 0 fully saturated rings. The van der Waals surface area contributed by atoms with Crippen molar-refractivity contribution < 1.29 is 19.0 Å². The molecule has 6 heteroatoms. The van der Waals surface area contributed by atoms with Crippen molar-refractivity contribution in [1.82, 2.24) is 4.90 Å². The average molecular weight is 374 g/mol. The van der Waals surface area contributed by atoms with Crippen molar-refractivity contribution >= 4 is 7.94 Å². The van der Waals surface area contributed by atoms with Crippen molar-refractivity contribution in [3.8, 4) is 5.75 Å². The summed E-state index contributed by atoms with van der Waals surface area (Å²) in [6.07, 6.45) is 0.170. The van der Waals surface area contributed by atoms with Gasteiger partial charge in [-0.15, -0.1) is 0 Å². The molecule has 2 aliphatic rings. The number of aliphatic hydroxyl groups is 1. The molecule has 0 saturated heterocycles. The Morgan fingerprint density at radius 1 is 1.15 bits per heavy atom. The van der Waals surface area contributed by atoms with Crippen LogP contribution >= 0.6 is 7.94 Å². The first kappa shape index (κ1) is 17.9. The van der Waals surface area contributed by atoms with Gasteiger partial charge in [-0.3, -0.25) is 9.42 Å². The summed E-state index contributed by atoms with van der Waals surface area (Å²) in [6, 6.07) is 15.8. The van der Waals surface area contributed by atoms with Crippen molar-refractivity contribution in [2.75, 3.05) is 19.7 Å². The molecule has 26 heavy (non-hydrogen) atoms. The van der Waals surface area contributed by atoms with E-state index in [9.17, 15) is 10.00 Å². The van der Waals surface area contributed by atoms with Crippen LogP contribution in [0.4, 0.5) is 0 Å². The van der Waals surface area contributed by atoms with E-state index < -0.39 is 19.7 Å². The summed E-state index contributed by atoms with van der Waals surface area (Å²) in [6.45, 7) is 4.43. The number of hydrogen-bond acceptors (Lipinski definition) is 5. The minimum Gasteiger partial charge on any atom is -0.384 e. The van der Waals surface area contributed by atoms with Gasteiger partial charge in [-0.05, 0) is 30.5 Å². The molecule has 5 nitrogen and oxygen atoms in total. The molecule has 138 valence electrons. The second-order valence-corrected chi connectivity index (χ2v) is 9.11. The van der Waals surface area contributed by atoms with E-state index in [4.69, 9.17) is 9.05 Å². The highest BCUT2D eigenvalue weighted by Crippen LogP contribution is 2.67. The fourth-order valence-corrected chi connectivity index (χ4v) is 6.04. The Morgan fingerprint density at radius 2 is 1.88 bits per heavy atom. The summed E-state index contributed by atoms with van der Waals surface area (Å²) >= 11 is 0. The number of aliphatic hydroxyl groups excluding tert-OH is 1. The van der Waals surface area contributed by atoms with E-state index in [0.29, 0.717) is 18.9 Å². The van der Waals surface area contributed by atoms with Crippen molar-refractivity contribution in [2.24, 2.45) is 0 Å². The number of para-hydroxylation sites is 1. The first-order chi connectivity index (χ1) is 12.6. The van der Waals surface area contributed by atoms with Gasteiger partial charge < -0.3 is 5.11 Å². The van der Waals surface area contributed by atoms with E-state index in [2.05, 4.69) is 29.2 Å². The molecule has 2 aromatic rings. The second-order valence-electron chi connectivity index (χ2n) is 6.88. The van der Waals surface area contributed by atoms with Gasteiger partial charge in [0.25, 0.3) is 0 Å². The minimum absolute atomic E-state index is 0.346. The number of fused-ring (bicyclic) bond motifs is 2.